The van der Waals surface area contributed by atoms with Gasteiger partial charge in [0.15, 0.2) is 0 Å². The van der Waals surface area contributed by atoms with Gasteiger partial charge in [-0.1, -0.05) is 37.5 Å². The fraction of sp³-hybridized carbons (Fsp3) is 0.556. The first kappa shape index (κ1) is 14.6. The quantitative estimate of drug-likeness (QED) is 0.907. The number of aryl methyl sites for hydroxylation is 1. The van der Waals surface area contributed by atoms with Gasteiger partial charge < -0.3 is 14.5 Å². The van der Waals surface area contributed by atoms with Gasteiger partial charge in [-0.2, -0.15) is 0 Å². The monoisotopic (exact) mass is 287 g/mol. The molecule has 1 saturated carbocycles. The van der Waals surface area contributed by atoms with E-state index >= 15 is 0 Å². The molecular weight excluding hydrogens is 262 g/mol. The Kier molecular flexibility index (Phi) is 4.05. The summed E-state index contributed by atoms with van der Waals surface area (Å²) in [5.74, 6) is 0.991. The van der Waals surface area contributed by atoms with Gasteiger partial charge in [-0.15, -0.1) is 0 Å². The van der Waals surface area contributed by atoms with Crippen LogP contribution >= 0.6 is 0 Å². The molecule has 0 spiro atoms. The Morgan fingerprint density at radius 2 is 2.00 bits per heavy atom. The van der Waals surface area contributed by atoms with E-state index in [0.717, 1.165) is 24.2 Å². The Bertz CT molecular complexity index is 611. The van der Waals surface area contributed by atoms with Crippen molar-refractivity contribution in [3.8, 4) is 0 Å². The molecule has 1 N–H and O–H groups in total. The standard InChI is InChI=1S/C18H25NO2/c1-13-8-7-9-14-12-15(21-16(13)14)17(19-2)18(20-3)10-5-4-6-11-18/h7-9,12,17,19H,4-6,10-11H2,1-3H3. The number of nitrogens with one attached hydrogen (secondary N) is 1. The third kappa shape index (κ3) is 2.49. The van der Waals surface area contributed by atoms with Crippen molar-refractivity contribution in [3.63, 3.8) is 0 Å². The Morgan fingerprint density at radius 3 is 2.62 bits per heavy atom. The first-order valence-electron chi connectivity index (χ1n) is 7.92. The molecule has 1 heterocycles. The number of methoxy groups -OCH3 is 1. The molecular formula is C18H25NO2. The highest BCUT2D eigenvalue weighted by molar-refractivity contribution is 5.81. The highest BCUT2D eigenvalue weighted by Crippen LogP contribution is 2.42. The SMILES string of the molecule is CNC(c1cc2cccc(C)c2o1)C1(OC)CCCCC1. The van der Waals surface area contributed by atoms with E-state index < -0.39 is 0 Å². The van der Waals surface area contributed by atoms with E-state index in [4.69, 9.17) is 9.15 Å². The molecule has 0 radical (unpaired) electrons. The van der Waals surface area contributed by atoms with Crippen LogP contribution in [0.3, 0.4) is 0 Å². The molecule has 1 aliphatic carbocycles. The Morgan fingerprint density at radius 1 is 1.24 bits per heavy atom. The van der Waals surface area contributed by atoms with Crippen LogP contribution in [0.25, 0.3) is 11.0 Å². The van der Waals surface area contributed by atoms with Crippen LogP contribution in [0.2, 0.25) is 0 Å². The molecule has 21 heavy (non-hydrogen) atoms. The topological polar surface area (TPSA) is 34.4 Å². The van der Waals surface area contributed by atoms with Crippen molar-refractivity contribution in [3.05, 3.63) is 35.6 Å². The number of hydrogen-bond acceptors (Lipinski definition) is 3. The minimum Gasteiger partial charge on any atom is -0.459 e. The van der Waals surface area contributed by atoms with Crippen LogP contribution in [0.5, 0.6) is 0 Å². The predicted molar refractivity (Wildman–Crippen MR) is 85.6 cm³/mol. The minimum absolute atomic E-state index is 0.106. The van der Waals surface area contributed by atoms with Gasteiger partial charge in [0.25, 0.3) is 0 Å². The third-order valence-electron chi connectivity index (χ3n) is 4.97. The van der Waals surface area contributed by atoms with E-state index in [2.05, 4.69) is 36.5 Å². The number of fused-ring (bicyclic) bond motifs is 1. The molecule has 1 fully saturated rings. The molecule has 2 aromatic rings. The Balaban J connectivity index is 2.02. The van der Waals surface area contributed by atoms with Crippen molar-refractivity contribution in [2.24, 2.45) is 0 Å². The van der Waals surface area contributed by atoms with Crippen LogP contribution in [0.1, 0.15) is 49.5 Å². The van der Waals surface area contributed by atoms with Crippen molar-refractivity contribution in [1.82, 2.24) is 5.32 Å². The Hall–Kier alpha value is -1.32. The highest BCUT2D eigenvalue weighted by atomic mass is 16.5. The molecule has 1 aromatic carbocycles. The van der Waals surface area contributed by atoms with Gasteiger partial charge in [0, 0.05) is 12.5 Å². The number of furan rings is 1. The minimum atomic E-state index is -0.144. The van der Waals surface area contributed by atoms with Gasteiger partial charge in [0.1, 0.15) is 11.3 Å². The van der Waals surface area contributed by atoms with Crippen molar-refractivity contribution < 1.29 is 9.15 Å². The zero-order chi connectivity index (χ0) is 14.9. The molecule has 114 valence electrons. The van der Waals surface area contributed by atoms with Crippen molar-refractivity contribution in [1.29, 1.82) is 0 Å². The summed E-state index contributed by atoms with van der Waals surface area (Å²) < 4.78 is 12.2. The van der Waals surface area contributed by atoms with Gasteiger partial charge in [0.2, 0.25) is 0 Å². The zero-order valence-corrected chi connectivity index (χ0v) is 13.2. The normalized spacial score (nSPS) is 19.8. The van der Waals surface area contributed by atoms with Crippen molar-refractivity contribution in [2.45, 2.75) is 50.7 Å². The second-order valence-corrected chi connectivity index (χ2v) is 6.19. The van der Waals surface area contributed by atoms with Crippen LogP contribution in [-0.4, -0.2) is 19.8 Å². The predicted octanol–water partition coefficient (Wildman–Crippen LogP) is 4.35. The maximum Gasteiger partial charge on any atom is 0.137 e. The maximum atomic E-state index is 6.19. The number of rotatable bonds is 4. The number of hydrogen-bond donors (Lipinski definition) is 1. The van der Waals surface area contributed by atoms with E-state index in [9.17, 15) is 0 Å². The second-order valence-electron chi connectivity index (χ2n) is 6.19. The zero-order valence-electron chi connectivity index (χ0n) is 13.2. The number of ether oxygens (including phenoxy) is 1. The van der Waals surface area contributed by atoms with E-state index in [-0.39, 0.29) is 11.6 Å². The summed E-state index contributed by atoms with van der Waals surface area (Å²) in [6.07, 6.45) is 5.94. The molecule has 0 bridgehead atoms. The molecule has 1 unspecified atom stereocenters. The molecule has 0 amide bonds. The van der Waals surface area contributed by atoms with Gasteiger partial charge in [0.05, 0.1) is 11.6 Å². The fourth-order valence-corrected chi connectivity index (χ4v) is 3.80. The van der Waals surface area contributed by atoms with Crippen LogP contribution < -0.4 is 5.32 Å². The third-order valence-corrected chi connectivity index (χ3v) is 4.97. The second kappa shape index (κ2) is 5.82. The summed E-state index contributed by atoms with van der Waals surface area (Å²) in [5, 5.41) is 4.61. The molecule has 1 atom stereocenters. The van der Waals surface area contributed by atoms with Gasteiger partial charge in [-0.05, 0) is 38.4 Å². The smallest absolute Gasteiger partial charge is 0.137 e. The molecule has 0 aliphatic heterocycles. The summed E-state index contributed by atoms with van der Waals surface area (Å²) in [5.41, 5.74) is 2.04. The van der Waals surface area contributed by atoms with E-state index in [1.165, 1.54) is 30.2 Å². The molecule has 1 aliphatic rings. The fourth-order valence-electron chi connectivity index (χ4n) is 3.80. The first-order valence-corrected chi connectivity index (χ1v) is 7.92. The lowest BCUT2D eigenvalue weighted by atomic mass is 9.78. The number of likely N-dealkylation sites (N-methyl/N-ethyl adjacent to an activating group) is 1. The summed E-state index contributed by atoms with van der Waals surface area (Å²) >= 11 is 0. The summed E-state index contributed by atoms with van der Waals surface area (Å²) in [6, 6.07) is 8.56. The van der Waals surface area contributed by atoms with Gasteiger partial charge in [-0.3, -0.25) is 0 Å². The lowest BCUT2D eigenvalue weighted by molar-refractivity contribution is -0.0713. The molecule has 0 saturated heterocycles. The summed E-state index contributed by atoms with van der Waals surface area (Å²) in [6.45, 7) is 2.09. The molecule has 3 nitrogen and oxygen atoms in total. The van der Waals surface area contributed by atoms with Crippen LogP contribution in [0.4, 0.5) is 0 Å². The molecule has 3 rings (SSSR count). The van der Waals surface area contributed by atoms with Crippen molar-refractivity contribution >= 4 is 11.0 Å². The first-order chi connectivity index (χ1) is 10.2. The van der Waals surface area contributed by atoms with Gasteiger partial charge in [-0.25, -0.2) is 0 Å². The van der Waals surface area contributed by atoms with Crippen LogP contribution in [0.15, 0.2) is 28.7 Å². The average Bonchev–Trinajstić information content (AvgIpc) is 2.94. The van der Waals surface area contributed by atoms with Crippen LogP contribution in [-0.2, 0) is 4.74 Å². The summed E-state index contributed by atoms with van der Waals surface area (Å²) in [7, 11) is 3.84. The highest BCUT2D eigenvalue weighted by Gasteiger charge is 2.41. The molecule has 1 aromatic heterocycles. The lowest BCUT2D eigenvalue weighted by Gasteiger charge is -2.41. The van der Waals surface area contributed by atoms with E-state index in [1.54, 1.807) is 0 Å². The molecule has 3 heteroatoms. The van der Waals surface area contributed by atoms with Gasteiger partial charge >= 0.3 is 0 Å². The maximum absolute atomic E-state index is 6.19. The van der Waals surface area contributed by atoms with E-state index in [1.807, 2.05) is 14.2 Å². The summed E-state index contributed by atoms with van der Waals surface area (Å²) in [4.78, 5) is 0. The Labute approximate surface area is 126 Å². The lowest BCUT2D eigenvalue weighted by Crippen LogP contribution is -2.45. The van der Waals surface area contributed by atoms with Crippen LogP contribution in [0, 0.1) is 6.92 Å². The number of benzene rings is 1. The van der Waals surface area contributed by atoms with Crippen molar-refractivity contribution in [2.75, 3.05) is 14.2 Å². The van der Waals surface area contributed by atoms with E-state index in [0.29, 0.717) is 0 Å². The average molecular weight is 287 g/mol. The largest absolute Gasteiger partial charge is 0.459 e. The number of para-hydroxylation sites is 1.